The number of benzene rings is 2. The second-order valence-electron chi connectivity index (χ2n) is 5.97. The molecule has 1 amide bonds. The molecule has 0 saturated carbocycles. The van der Waals surface area contributed by atoms with Crippen molar-refractivity contribution in [2.24, 2.45) is 0 Å². The molecule has 9 heteroatoms. The van der Waals surface area contributed by atoms with E-state index in [0.29, 0.717) is 0 Å². The summed E-state index contributed by atoms with van der Waals surface area (Å²) in [6.45, 7) is 2.03. The average molecular weight is 427 g/mol. The van der Waals surface area contributed by atoms with E-state index in [2.05, 4.69) is 10.0 Å². The van der Waals surface area contributed by atoms with Crippen LogP contribution in [-0.4, -0.2) is 41.2 Å². The van der Waals surface area contributed by atoms with E-state index in [1.807, 2.05) is 37.3 Å². The van der Waals surface area contributed by atoms with Crippen LogP contribution in [0.15, 0.2) is 53.4 Å². The summed E-state index contributed by atoms with van der Waals surface area (Å²) in [7, 11) is -2.22. The molecule has 28 heavy (non-hydrogen) atoms. The second kappa shape index (κ2) is 10.4. The lowest BCUT2D eigenvalue weighted by Gasteiger charge is -2.15. The van der Waals surface area contributed by atoms with Gasteiger partial charge in [0.2, 0.25) is 10.0 Å². The zero-order chi connectivity index (χ0) is 20.6. The van der Waals surface area contributed by atoms with Gasteiger partial charge in [-0.25, -0.2) is 13.1 Å². The lowest BCUT2D eigenvalue weighted by Crippen LogP contribution is -2.31. The molecule has 2 aromatic rings. The summed E-state index contributed by atoms with van der Waals surface area (Å²) in [5.41, 5.74) is 0.976. The number of methoxy groups -OCH3 is 1. The zero-order valence-electron chi connectivity index (χ0n) is 15.6. The third kappa shape index (κ3) is 6.49. The molecule has 0 aliphatic carbocycles. The Hall–Kier alpha value is -2.13. The van der Waals surface area contributed by atoms with Gasteiger partial charge in [-0.05, 0) is 30.7 Å². The van der Waals surface area contributed by atoms with Gasteiger partial charge in [0, 0.05) is 13.7 Å². The Bertz CT molecular complexity index is 890. The van der Waals surface area contributed by atoms with Crippen molar-refractivity contribution in [1.82, 2.24) is 10.0 Å². The topological polar surface area (TPSA) is 93.7 Å². The summed E-state index contributed by atoms with van der Waals surface area (Å²) in [5, 5.41) is 2.92. The maximum absolute atomic E-state index is 12.2. The fourth-order valence-electron chi connectivity index (χ4n) is 2.38. The number of ether oxygens (including phenoxy) is 2. The number of rotatable bonds is 10. The van der Waals surface area contributed by atoms with Crippen LogP contribution in [0.25, 0.3) is 0 Å². The Morgan fingerprint density at radius 2 is 1.89 bits per heavy atom. The van der Waals surface area contributed by atoms with Gasteiger partial charge in [-0.15, -0.1) is 0 Å². The van der Waals surface area contributed by atoms with Crippen molar-refractivity contribution in [3.63, 3.8) is 0 Å². The maximum atomic E-state index is 12.2. The van der Waals surface area contributed by atoms with Crippen LogP contribution in [0.1, 0.15) is 18.5 Å². The molecule has 0 radical (unpaired) electrons. The minimum atomic E-state index is -3.70. The van der Waals surface area contributed by atoms with Crippen molar-refractivity contribution in [3.8, 4) is 5.75 Å². The minimum absolute atomic E-state index is 0.00287. The van der Waals surface area contributed by atoms with Crippen LogP contribution in [0.2, 0.25) is 5.02 Å². The van der Waals surface area contributed by atoms with Crippen molar-refractivity contribution >= 4 is 27.5 Å². The normalized spacial score (nSPS) is 12.4. The first-order valence-corrected chi connectivity index (χ1v) is 10.4. The van der Waals surface area contributed by atoms with Crippen LogP contribution in [0.4, 0.5) is 0 Å². The lowest BCUT2D eigenvalue weighted by atomic mass is 10.1. The summed E-state index contributed by atoms with van der Waals surface area (Å²) in [5.74, 6) is -0.0922. The summed E-state index contributed by atoms with van der Waals surface area (Å²) >= 11 is 6.11. The van der Waals surface area contributed by atoms with Crippen molar-refractivity contribution in [2.75, 3.05) is 26.9 Å². The van der Waals surface area contributed by atoms with Crippen LogP contribution in [0.5, 0.6) is 5.75 Å². The van der Waals surface area contributed by atoms with Gasteiger partial charge in [-0.2, -0.15) is 0 Å². The first-order valence-electron chi connectivity index (χ1n) is 8.58. The molecule has 152 valence electrons. The summed E-state index contributed by atoms with van der Waals surface area (Å²) < 4.78 is 37.0. The van der Waals surface area contributed by atoms with Crippen molar-refractivity contribution in [1.29, 1.82) is 0 Å². The van der Waals surface area contributed by atoms with E-state index in [4.69, 9.17) is 21.1 Å². The fraction of sp³-hybridized carbons (Fsp3) is 0.316. The number of halogens is 1. The first kappa shape index (κ1) is 22.2. The lowest BCUT2D eigenvalue weighted by molar-refractivity contribution is -0.123. The predicted molar refractivity (Wildman–Crippen MR) is 107 cm³/mol. The molecule has 0 unspecified atom stereocenters. The molecule has 0 saturated heterocycles. The van der Waals surface area contributed by atoms with E-state index in [0.717, 1.165) is 5.56 Å². The number of sulfonamides is 1. The molecular formula is C19H23ClN2O5S. The zero-order valence-corrected chi connectivity index (χ0v) is 17.2. The van der Waals surface area contributed by atoms with Gasteiger partial charge in [0.15, 0.2) is 6.61 Å². The SMILES string of the molecule is COCCNS(=O)(=O)c1ccc(OCC(=O)N[C@H](C)c2ccccc2)c(Cl)c1. The van der Waals surface area contributed by atoms with Crippen molar-refractivity contribution in [2.45, 2.75) is 17.9 Å². The molecule has 0 aliphatic rings. The molecule has 0 aromatic heterocycles. The van der Waals surface area contributed by atoms with E-state index < -0.39 is 10.0 Å². The molecule has 0 bridgehead atoms. The molecule has 7 nitrogen and oxygen atoms in total. The fourth-order valence-corrected chi connectivity index (χ4v) is 3.72. The molecular weight excluding hydrogens is 404 g/mol. The first-order chi connectivity index (χ1) is 13.3. The number of hydrogen-bond acceptors (Lipinski definition) is 5. The van der Waals surface area contributed by atoms with Crippen LogP contribution >= 0.6 is 11.6 Å². The quantitative estimate of drug-likeness (QED) is 0.569. The minimum Gasteiger partial charge on any atom is -0.482 e. The smallest absolute Gasteiger partial charge is 0.258 e. The molecule has 0 aliphatic heterocycles. The highest BCUT2D eigenvalue weighted by atomic mass is 35.5. The molecule has 0 spiro atoms. The van der Waals surface area contributed by atoms with E-state index in [-0.39, 0.29) is 47.4 Å². The van der Waals surface area contributed by atoms with Crippen molar-refractivity contribution in [3.05, 3.63) is 59.1 Å². The average Bonchev–Trinajstić information content (AvgIpc) is 2.67. The summed E-state index contributed by atoms with van der Waals surface area (Å²) in [6.07, 6.45) is 0. The number of amides is 1. The van der Waals surface area contributed by atoms with Crippen LogP contribution in [0, 0.1) is 0 Å². The van der Waals surface area contributed by atoms with Crippen LogP contribution < -0.4 is 14.8 Å². The third-order valence-electron chi connectivity index (χ3n) is 3.85. The van der Waals surface area contributed by atoms with Gasteiger partial charge in [-0.1, -0.05) is 41.9 Å². The number of hydrogen-bond donors (Lipinski definition) is 2. The van der Waals surface area contributed by atoms with Crippen LogP contribution in [-0.2, 0) is 19.6 Å². The Kier molecular flexibility index (Phi) is 8.25. The van der Waals surface area contributed by atoms with Gasteiger partial charge < -0.3 is 14.8 Å². The van der Waals surface area contributed by atoms with E-state index >= 15 is 0 Å². The highest BCUT2D eigenvalue weighted by Crippen LogP contribution is 2.27. The van der Waals surface area contributed by atoms with E-state index in [9.17, 15) is 13.2 Å². The van der Waals surface area contributed by atoms with E-state index in [1.54, 1.807) is 0 Å². The third-order valence-corrected chi connectivity index (χ3v) is 5.60. The van der Waals surface area contributed by atoms with Gasteiger partial charge in [0.25, 0.3) is 5.91 Å². The molecule has 2 rings (SSSR count). The van der Waals surface area contributed by atoms with Gasteiger partial charge in [0.05, 0.1) is 22.6 Å². The molecule has 1 atom stereocenters. The molecule has 0 heterocycles. The van der Waals surface area contributed by atoms with Crippen LogP contribution in [0.3, 0.4) is 0 Å². The highest BCUT2D eigenvalue weighted by molar-refractivity contribution is 7.89. The maximum Gasteiger partial charge on any atom is 0.258 e. The van der Waals surface area contributed by atoms with Gasteiger partial charge in [-0.3, -0.25) is 4.79 Å². The Morgan fingerprint density at radius 3 is 2.54 bits per heavy atom. The summed E-state index contributed by atoms with van der Waals surface area (Å²) in [6, 6.07) is 13.4. The number of nitrogens with one attached hydrogen (secondary N) is 2. The second-order valence-corrected chi connectivity index (χ2v) is 8.15. The number of carbonyl (C=O) groups excluding carboxylic acids is 1. The monoisotopic (exact) mass is 426 g/mol. The molecule has 2 N–H and O–H groups in total. The van der Waals surface area contributed by atoms with Gasteiger partial charge in [0.1, 0.15) is 5.75 Å². The van der Waals surface area contributed by atoms with Crippen molar-refractivity contribution < 1.29 is 22.7 Å². The molecule has 2 aromatic carbocycles. The highest BCUT2D eigenvalue weighted by Gasteiger charge is 2.16. The van der Waals surface area contributed by atoms with E-state index in [1.165, 1.54) is 25.3 Å². The standard InChI is InChI=1S/C19H23ClN2O5S/c1-14(15-6-4-3-5-7-15)22-19(23)13-27-18-9-8-16(12-17(18)20)28(24,25)21-10-11-26-2/h3-9,12,14,21H,10-11,13H2,1-2H3,(H,22,23)/t14-/m1/s1. The summed E-state index contributed by atoms with van der Waals surface area (Å²) in [4.78, 5) is 12.1. The largest absolute Gasteiger partial charge is 0.482 e. The Balaban J connectivity index is 1.93. The molecule has 0 fully saturated rings. The predicted octanol–water partition coefficient (Wildman–Crippen LogP) is 2.52. The Labute approximate surface area is 170 Å². The Morgan fingerprint density at radius 1 is 1.18 bits per heavy atom. The van der Waals surface area contributed by atoms with Gasteiger partial charge >= 0.3 is 0 Å². The number of carbonyl (C=O) groups is 1.